The summed E-state index contributed by atoms with van der Waals surface area (Å²) >= 11 is 0. The molecule has 0 unspecified atom stereocenters. The van der Waals surface area contributed by atoms with Crippen molar-refractivity contribution in [2.75, 3.05) is 4.72 Å². The van der Waals surface area contributed by atoms with Crippen LogP contribution < -0.4 is 4.72 Å². The van der Waals surface area contributed by atoms with Crippen LogP contribution in [0.5, 0.6) is 0 Å². The molecule has 20 heavy (non-hydrogen) atoms. The molecule has 0 saturated carbocycles. The van der Waals surface area contributed by atoms with Crippen molar-refractivity contribution in [3.8, 4) is 0 Å². The van der Waals surface area contributed by atoms with Gasteiger partial charge in [0, 0.05) is 0 Å². The third kappa shape index (κ3) is 4.21. The Labute approximate surface area is 122 Å². The van der Waals surface area contributed by atoms with E-state index in [1.807, 2.05) is 39.8 Å². The Morgan fingerprint density at radius 1 is 0.900 bits per heavy atom. The fraction of sp³-hybridized carbons (Fsp3) is 0.600. The summed E-state index contributed by atoms with van der Waals surface area (Å²) in [6.45, 7) is 12.3. The van der Waals surface area contributed by atoms with E-state index in [9.17, 15) is 8.42 Å². The van der Waals surface area contributed by atoms with Gasteiger partial charge in [-0.3, -0.25) is 9.27 Å². The first kappa shape index (κ1) is 17.0. The van der Waals surface area contributed by atoms with Crippen molar-refractivity contribution >= 4 is 16.0 Å². The molecule has 0 saturated heterocycles. The molecule has 0 aliphatic heterocycles. The Balaban J connectivity index is 3.59. The lowest BCUT2D eigenvalue weighted by molar-refractivity contribution is 0.489. The molecule has 2 N–H and O–H groups in total. The molecule has 1 aromatic carbocycles. The molecule has 5 heteroatoms. The van der Waals surface area contributed by atoms with Crippen LogP contribution >= 0.6 is 0 Å². The van der Waals surface area contributed by atoms with E-state index in [2.05, 4.69) is 18.6 Å². The summed E-state index contributed by atoms with van der Waals surface area (Å²) in [7, 11) is -4.27. The van der Waals surface area contributed by atoms with Crippen LogP contribution in [0.3, 0.4) is 0 Å². The highest BCUT2D eigenvalue weighted by Crippen LogP contribution is 2.36. The van der Waals surface area contributed by atoms with Gasteiger partial charge in [-0.05, 0) is 34.4 Å². The minimum atomic E-state index is -4.27. The van der Waals surface area contributed by atoms with Crippen molar-refractivity contribution in [3.05, 3.63) is 28.8 Å². The fourth-order valence-corrected chi connectivity index (χ4v) is 2.70. The van der Waals surface area contributed by atoms with Crippen LogP contribution in [-0.2, 0) is 10.3 Å². The van der Waals surface area contributed by atoms with Gasteiger partial charge in [0.25, 0.3) is 0 Å². The highest BCUT2D eigenvalue weighted by molar-refractivity contribution is 7.87. The van der Waals surface area contributed by atoms with Gasteiger partial charge in [0.15, 0.2) is 0 Å². The van der Waals surface area contributed by atoms with Crippen LogP contribution in [0.15, 0.2) is 12.1 Å². The zero-order valence-corrected chi connectivity index (χ0v) is 13.9. The number of anilines is 1. The smallest absolute Gasteiger partial charge is 0.269 e. The predicted octanol–water partition coefficient (Wildman–Crippen LogP) is 4.27. The minimum absolute atomic E-state index is 0.162. The van der Waals surface area contributed by atoms with Gasteiger partial charge in [-0.2, -0.15) is 8.42 Å². The lowest BCUT2D eigenvalue weighted by atomic mass is 9.88. The van der Waals surface area contributed by atoms with Gasteiger partial charge in [-0.15, -0.1) is 0 Å². The Kier molecular flexibility index (Phi) is 5.21. The van der Waals surface area contributed by atoms with E-state index >= 15 is 0 Å². The number of hydrogen-bond acceptors (Lipinski definition) is 2. The number of hydrogen-bond donors (Lipinski definition) is 2. The molecule has 0 amide bonds. The lowest BCUT2D eigenvalue weighted by Gasteiger charge is -2.22. The van der Waals surface area contributed by atoms with E-state index in [0.717, 1.165) is 11.1 Å². The maximum absolute atomic E-state index is 11.2. The van der Waals surface area contributed by atoms with Crippen LogP contribution in [0.25, 0.3) is 0 Å². The molecule has 0 heterocycles. The number of rotatable bonds is 5. The minimum Gasteiger partial charge on any atom is -0.269 e. The van der Waals surface area contributed by atoms with E-state index in [1.165, 1.54) is 5.56 Å². The second-order valence-corrected chi connectivity index (χ2v) is 7.27. The van der Waals surface area contributed by atoms with Gasteiger partial charge in [-0.1, -0.05) is 53.7 Å². The second-order valence-electron chi connectivity index (χ2n) is 6.12. The third-order valence-electron chi connectivity index (χ3n) is 3.36. The summed E-state index contributed by atoms with van der Waals surface area (Å²) in [5.41, 5.74) is 3.52. The summed E-state index contributed by atoms with van der Waals surface area (Å²) in [6.07, 6.45) is 0. The van der Waals surface area contributed by atoms with Crippen molar-refractivity contribution in [1.29, 1.82) is 0 Å². The third-order valence-corrected chi connectivity index (χ3v) is 3.83. The molecular formula is C15H25NO3S. The summed E-state index contributed by atoms with van der Waals surface area (Å²) < 4.78 is 33.8. The molecule has 0 aliphatic carbocycles. The monoisotopic (exact) mass is 299 g/mol. The first-order valence-corrected chi connectivity index (χ1v) is 8.39. The van der Waals surface area contributed by atoms with E-state index in [1.54, 1.807) is 0 Å². The summed E-state index contributed by atoms with van der Waals surface area (Å²) in [5.74, 6) is 0.690. The maximum Gasteiger partial charge on any atom is 0.357 e. The van der Waals surface area contributed by atoms with Crippen molar-refractivity contribution in [2.45, 2.75) is 59.3 Å². The summed E-state index contributed by atoms with van der Waals surface area (Å²) in [6, 6.07) is 4.05. The quantitative estimate of drug-likeness (QED) is 0.798. The molecule has 0 atom stereocenters. The molecule has 0 radical (unpaired) electrons. The van der Waals surface area contributed by atoms with Crippen molar-refractivity contribution < 1.29 is 13.0 Å². The van der Waals surface area contributed by atoms with Crippen LogP contribution in [0, 0.1) is 0 Å². The van der Waals surface area contributed by atoms with Gasteiger partial charge in [-0.25, -0.2) is 0 Å². The van der Waals surface area contributed by atoms with Crippen LogP contribution in [-0.4, -0.2) is 13.0 Å². The van der Waals surface area contributed by atoms with Gasteiger partial charge < -0.3 is 0 Å². The SMILES string of the molecule is CC(C)c1cc(C(C)C)c(NS(=O)(=O)O)c(C(C)C)c1. The molecule has 0 aromatic heterocycles. The van der Waals surface area contributed by atoms with Gasteiger partial charge >= 0.3 is 10.3 Å². The van der Waals surface area contributed by atoms with Crippen LogP contribution in [0.2, 0.25) is 0 Å². The zero-order chi connectivity index (χ0) is 15.7. The first-order valence-electron chi connectivity index (χ1n) is 6.95. The van der Waals surface area contributed by atoms with E-state index in [4.69, 9.17) is 4.55 Å². The molecular weight excluding hydrogens is 274 g/mol. The number of benzene rings is 1. The zero-order valence-electron chi connectivity index (χ0n) is 13.1. The van der Waals surface area contributed by atoms with Crippen LogP contribution in [0.1, 0.15) is 76.0 Å². The highest BCUT2D eigenvalue weighted by atomic mass is 32.2. The topological polar surface area (TPSA) is 66.4 Å². The standard InChI is InChI=1S/C15H25NO3S/c1-9(2)12-7-13(10(3)4)15(16-20(17,18)19)14(8-12)11(5)6/h7-11,16H,1-6H3,(H,17,18,19). The Morgan fingerprint density at radius 3 is 1.55 bits per heavy atom. The lowest BCUT2D eigenvalue weighted by Crippen LogP contribution is -2.15. The van der Waals surface area contributed by atoms with Crippen molar-refractivity contribution in [2.24, 2.45) is 0 Å². The first-order chi connectivity index (χ1) is 9.03. The highest BCUT2D eigenvalue weighted by Gasteiger charge is 2.19. The second kappa shape index (κ2) is 6.14. The van der Waals surface area contributed by atoms with E-state index in [-0.39, 0.29) is 11.8 Å². The largest absolute Gasteiger partial charge is 0.357 e. The fourth-order valence-electron chi connectivity index (χ4n) is 2.20. The molecule has 0 bridgehead atoms. The van der Waals surface area contributed by atoms with Crippen LogP contribution in [0.4, 0.5) is 5.69 Å². The molecule has 4 nitrogen and oxygen atoms in total. The van der Waals surface area contributed by atoms with Gasteiger partial charge in [0.2, 0.25) is 0 Å². The Bertz CT molecular complexity index is 546. The molecule has 1 aromatic rings. The maximum atomic E-state index is 11.2. The molecule has 0 fully saturated rings. The average molecular weight is 299 g/mol. The average Bonchev–Trinajstić information content (AvgIpc) is 2.25. The molecule has 1 rings (SSSR count). The Hall–Kier alpha value is -1.07. The normalized spacial score (nSPS) is 12.5. The predicted molar refractivity (Wildman–Crippen MR) is 83.9 cm³/mol. The van der Waals surface area contributed by atoms with E-state index in [0.29, 0.717) is 11.6 Å². The summed E-state index contributed by atoms with van der Waals surface area (Å²) in [4.78, 5) is 0. The van der Waals surface area contributed by atoms with E-state index < -0.39 is 10.3 Å². The molecule has 0 aliphatic rings. The molecule has 114 valence electrons. The Morgan fingerprint density at radius 2 is 1.30 bits per heavy atom. The van der Waals surface area contributed by atoms with Gasteiger partial charge in [0.05, 0.1) is 5.69 Å². The number of nitrogens with one attached hydrogen (secondary N) is 1. The molecule has 0 spiro atoms. The van der Waals surface area contributed by atoms with Crippen molar-refractivity contribution in [3.63, 3.8) is 0 Å². The summed E-state index contributed by atoms with van der Waals surface area (Å²) in [5, 5.41) is 0. The van der Waals surface area contributed by atoms with Crippen molar-refractivity contribution in [1.82, 2.24) is 0 Å². The van der Waals surface area contributed by atoms with Gasteiger partial charge in [0.1, 0.15) is 0 Å².